The van der Waals surface area contributed by atoms with Crippen LogP contribution < -0.4 is 16.0 Å². The molecule has 8 nitrogen and oxygen atoms in total. The molecule has 1 aromatic rings. The molecular weight excluding hydrogens is 360 g/mol. The molecule has 4 amide bonds. The average Bonchev–Trinajstić information content (AvgIpc) is 2.92. The third kappa shape index (κ3) is 2.97. The summed E-state index contributed by atoms with van der Waals surface area (Å²) in [5.74, 6) is -1.96. The molecular formula is C20H24N4O4. The van der Waals surface area contributed by atoms with E-state index in [1.807, 2.05) is 13.1 Å². The highest BCUT2D eigenvalue weighted by Gasteiger charge is 2.44. The molecule has 8 heteroatoms. The summed E-state index contributed by atoms with van der Waals surface area (Å²) >= 11 is 0. The number of benzene rings is 1. The van der Waals surface area contributed by atoms with E-state index in [1.54, 1.807) is 12.1 Å². The summed E-state index contributed by atoms with van der Waals surface area (Å²) in [6, 6.07) is 4.48. The van der Waals surface area contributed by atoms with E-state index >= 15 is 0 Å². The molecule has 1 unspecified atom stereocenters. The lowest BCUT2D eigenvalue weighted by molar-refractivity contribution is -0.136. The van der Waals surface area contributed by atoms with Crippen LogP contribution in [0.3, 0.4) is 0 Å². The van der Waals surface area contributed by atoms with Gasteiger partial charge in [0.2, 0.25) is 11.8 Å². The normalized spacial score (nSPS) is 27.6. The number of fused-ring (bicyclic) bond motifs is 1. The fourth-order valence-electron chi connectivity index (χ4n) is 4.49. The summed E-state index contributed by atoms with van der Waals surface area (Å²) in [6.07, 6.45) is 4.47. The van der Waals surface area contributed by atoms with Crippen molar-refractivity contribution in [3.63, 3.8) is 0 Å². The smallest absolute Gasteiger partial charge is 0.262 e. The average molecular weight is 384 g/mol. The van der Waals surface area contributed by atoms with Gasteiger partial charge >= 0.3 is 0 Å². The van der Waals surface area contributed by atoms with Gasteiger partial charge in [0.05, 0.1) is 11.1 Å². The summed E-state index contributed by atoms with van der Waals surface area (Å²) in [4.78, 5) is 52.3. The second-order valence-corrected chi connectivity index (χ2v) is 7.80. The van der Waals surface area contributed by atoms with Gasteiger partial charge in [0, 0.05) is 31.2 Å². The molecule has 1 aliphatic carbocycles. The van der Waals surface area contributed by atoms with Crippen molar-refractivity contribution in [1.82, 2.24) is 10.2 Å². The van der Waals surface area contributed by atoms with Crippen LogP contribution in [0.4, 0.5) is 5.69 Å². The molecule has 0 radical (unpaired) electrons. The van der Waals surface area contributed by atoms with Crippen molar-refractivity contribution < 1.29 is 19.2 Å². The van der Waals surface area contributed by atoms with Crippen LogP contribution in [0.2, 0.25) is 0 Å². The minimum Gasteiger partial charge on any atom is -0.370 e. The molecule has 3 N–H and O–H groups in total. The van der Waals surface area contributed by atoms with Crippen molar-refractivity contribution in [3.05, 3.63) is 29.3 Å². The summed E-state index contributed by atoms with van der Waals surface area (Å²) in [6.45, 7) is 0. The third-order valence-electron chi connectivity index (χ3n) is 6.11. The van der Waals surface area contributed by atoms with E-state index < -0.39 is 23.8 Å². The summed E-state index contributed by atoms with van der Waals surface area (Å²) < 4.78 is 0. The lowest BCUT2D eigenvalue weighted by Gasteiger charge is -2.37. The van der Waals surface area contributed by atoms with Crippen LogP contribution in [0, 0.1) is 0 Å². The number of nitrogens with two attached hydrogens (primary N) is 1. The molecule has 28 heavy (non-hydrogen) atoms. The molecule has 1 saturated heterocycles. The topological polar surface area (TPSA) is 113 Å². The molecule has 1 saturated carbocycles. The summed E-state index contributed by atoms with van der Waals surface area (Å²) in [7, 11) is 1.96. The van der Waals surface area contributed by atoms with Crippen molar-refractivity contribution in [2.75, 3.05) is 11.9 Å². The fraction of sp³-hybridized carbons (Fsp3) is 0.500. The predicted molar refractivity (Wildman–Crippen MR) is 102 cm³/mol. The largest absolute Gasteiger partial charge is 0.370 e. The lowest BCUT2D eigenvalue weighted by atomic mass is 9.89. The number of anilines is 1. The van der Waals surface area contributed by atoms with Gasteiger partial charge in [0.15, 0.2) is 0 Å². The minimum absolute atomic E-state index is 0.0734. The van der Waals surface area contributed by atoms with E-state index in [-0.39, 0.29) is 30.8 Å². The van der Waals surface area contributed by atoms with E-state index in [2.05, 4.69) is 10.2 Å². The number of rotatable bonds is 3. The number of hydrogen-bond donors (Lipinski definition) is 2. The van der Waals surface area contributed by atoms with Gasteiger partial charge in [-0.2, -0.15) is 0 Å². The monoisotopic (exact) mass is 384 g/mol. The van der Waals surface area contributed by atoms with E-state index in [9.17, 15) is 19.2 Å². The highest BCUT2D eigenvalue weighted by molar-refractivity contribution is 6.23. The van der Waals surface area contributed by atoms with Crippen LogP contribution in [-0.4, -0.2) is 53.7 Å². The second-order valence-electron chi connectivity index (χ2n) is 7.80. The maximum absolute atomic E-state index is 12.9. The van der Waals surface area contributed by atoms with Gasteiger partial charge in [0.1, 0.15) is 6.04 Å². The van der Waals surface area contributed by atoms with Gasteiger partial charge in [-0.3, -0.25) is 29.4 Å². The molecule has 2 aliphatic heterocycles. The second kappa shape index (κ2) is 7.01. The maximum atomic E-state index is 12.9. The first-order valence-corrected chi connectivity index (χ1v) is 9.72. The van der Waals surface area contributed by atoms with Crippen molar-refractivity contribution >= 4 is 29.3 Å². The molecule has 2 heterocycles. The number of nitrogens with zero attached hydrogens (tertiary/aromatic N) is 2. The standard InChI is InChI=1S/C20H24N4O4/c1-23(15-5-3-2-4-14(15)21)11-6-7-12-13(10-11)20(28)24(19(12)27)16-8-9-17(25)22-18(16)26/h6-7,10,14-16H,2-5,8-9,21H2,1H3,(H,22,25,26)/t14-,15-,16?/m1/s1. The van der Waals surface area contributed by atoms with Gasteiger partial charge in [-0.25, -0.2) is 0 Å². The zero-order valence-electron chi connectivity index (χ0n) is 15.8. The van der Waals surface area contributed by atoms with Gasteiger partial charge in [0.25, 0.3) is 11.8 Å². The predicted octanol–water partition coefficient (Wildman–Crippen LogP) is 0.794. The number of amides is 4. The van der Waals surface area contributed by atoms with Crippen molar-refractivity contribution in [3.8, 4) is 0 Å². The molecule has 0 spiro atoms. The van der Waals surface area contributed by atoms with E-state index in [4.69, 9.17) is 5.73 Å². The Morgan fingerprint density at radius 1 is 1.04 bits per heavy atom. The van der Waals surface area contributed by atoms with Gasteiger partial charge in [-0.1, -0.05) is 12.8 Å². The van der Waals surface area contributed by atoms with E-state index in [0.717, 1.165) is 36.3 Å². The molecule has 0 bridgehead atoms. The van der Waals surface area contributed by atoms with E-state index in [1.165, 1.54) is 0 Å². The first-order chi connectivity index (χ1) is 13.4. The van der Waals surface area contributed by atoms with Crippen LogP contribution in [0.1, 0.15) is 59.2 Å². The Bertz CT molecular complexity index is 868. The number of carbonyl (C=O) groups excluding carboxylic acids is 4. The van der Waals surface area contributed by atoms with Crippen molar-refractivity contribution in [2.45, 2.75) is 56.7 Å². The molecule has 4 rings (SSSR count). The van der Waals surface area contributed by atoms with Gasteiger partial charge in [-0.15, -0.1) is 0 Å². The number of likely N-dealkylation sites (N-methyl/N-ethyl adjacent to an activating group) is 1. The quantitative estimate of drug-likeness (QED) is 0.745. The first-order valence-electron chi connectivity index (χ1n) is 9.72. The summed E-state index contributed by atoms with van der Waals surface area (Å²) in [5.41, 5.74) is 7.70. The Hall–Kier alpha value is -2.74. The van der Waals surface area contributed by atoms with Crippen molar-refractivity contribution in [1.29, 1.82) is 0 Å². The molecule has 0 aromatic heterocycles. The highest BCUT2D eigenvalue weighted by Crippen LogP contribution is 2.32. The van der Waals surface area contributed by atoms with Crippen LogP contribution in [0.15, 0.2) is 18.2 Å². The van der Waals surface area contributed by atoms with E-state index in [0.29, 0.717) is 11.1 Å². The summed E-state index contributed by atoms with van der Waals surface area (Å²) in [5, 5.41) is 2.21. The van der Waals surface area contributed by atoms with Crippen LogP contribution in [-0.2, 0) is 9.59 Å². The molecule has 148 valence electrons. The van der Waals surface area contributed by atoms with Gasteiger partial charge < -0.3 is 10.6 Å². The Kier molecular flexibility index (Phi) is 4.66. The number of piperidine rings is 1. The minimum atomic E-state index is -0.946. The molecule has 2 fully saturated rings. The Morgan fingerprint density at radius 3 is 2.46 bits per heavy atom. The number of nitrogens with one attached hydrogen (secondary N) is 1. The Morgan fingerprint density at radius 2 is 1.75 bits per heavy atom. The number of imide groups is 2. The molecule has 1 aromatic carbocycles. The Labute approximate surface area is 163 Å². The molecule has 3 atom stereocenters. The zero-order chi connectivity index (χ0) is 20.0. The zero-order valence-corrected chi connectivity index (χ0v) is 15.8. The van der Waals surface area contributed by atoms with Crippen LogP contribution >= 0.6 is 0 Å². The SMILES string of the molecule is CN(c1ccc2c(c1)C(=O)N(C1CCC(=O)NC1=O)C2=O)[C@@H]1CCCC[C@H]1N. The van der Waals surface area contributed by atoms with Gasteiger partial charge in [-0.05, 0) is 37.5 Å². The first kappa shape index (κ1) is 18.6. The third-order valence-corrected chi connectivity index (χ3v) is 6.11. The lowest BCUT2D eigenvalue weighted by Crippen LogP contribution is -2.54. The van der Waals surface area contributed by atoms with Crippen LogP contribution in [0.5, 0.6) is 0 Å². The van der Waals surface area contributed by atoms with Crippen molar-refractivity contribution in [2.24, 2.45) is 5.73 Å². The molecule has 3 aliphatic rings. The maximum Gasteiger partial charge on any atom is 0.262 e. The number of carbonyl (C=O) groups is 4. The fourth-order valence-corrected chi connectivity index (χ4v) is 4.49. The highest BCUT2D eigenvalue weighted by atomic mass is 16.2. The Balaban J connectivity index is 1.60. The van der Waals surface area contributed by atoms with Crippen LogP contribution in [0.25, 0.3) is 0 Å². The number of hydrogen-bond acceptors (Lipinski definition) is 6.